The van der Waals surface area contributed by atoms with E-state index >= 15 is 0 Å². The minimum atomic E-state index is -0.579. The number of ether oxygens (including phenoxy) is 3. The van der Waals surface area contributed by atoms with Crippen LogP contribution in [-0.2, 0) is 23.8 Å². The van der Waals surface area contributed by atoms with Crippen molar-refractivity contribution in [2.24, 2.45) is 23.7 Å². The lowest BCUT2D eigenvalue weighted by molar-refractivity contribution is -0.205. The minimum absolute atomic E-state index is 0.0762. The standard InChI is InChI=1S/C15H18O5/c1-3-8(2)13(16)18-7-9-6-12-10-4-5-11(12)15(19-9)20-14(10)17/h4-6,8,10-12,15H,3,7H2,1-2H3/t8?,10-,11+,12-,15+/m1/s1. The predicted molar refractivity (Wildman–Crippen MR) is 69.1 cm³/mol. The number of hydrogen-bond acceptors (Lipinski definition) is 5. The molecule has 1 fully saturated rings. The Morgan fingerprint density at radius 1 is 1.35 bits per heavy atom. The molecule has 2 heterocycles. The summed E-state index contributed by atoms with van der Waals surface area (Å²) >= 11 is 0. The van der Waals surface area contributed by atoms with E-state index in [4.69, 9.17) is 14.2 Å². The Balaban J connectivity index is 1.66. The fourth-order valence-electron chi connectivity index (χ4n) is 2.78. The van der Waals surface area contributed by atoms with Crippen molar-refractivity contribution in [2.45, 2.75) is 26.6 Å². The zero-order chi connectivity index (χ0) is 14.3. The predicted octanol–water partition coefficient (Wildman–Crippen LogP) is 1.79. The van der Waals surface area contributed by atoms with Gasteiger partial charge >= 0.3 is 11.9 Å². The zero-order valence-electron chi connectivity index (χ0n) is 11.6. The van der Waals surface area contributed by atoms with Crippen molar-refractivity contribution in [1.29, 1.82) is 0 Å². The zero-order valence-corrected chi connectivity index (χ0v) is 11.6. The molecular weight excluding hydrogens is 260 g/mol. The van der Waals surface area contributed by atoms with E-state index < -0.39 is 6.29 Å². The molecule has 5 nitrogen and oxygen atoms in total. The minimum Gasteiger partial charge on any atom is -0.457 e. The van der Waals surface area contributed by atoms with Crippen molar-refractivity contribution in [2.75, 3.05) is 6.61 Å². The summed E-state index contributed by atoms with van der Waals surface area (Å²) in [5, 5.41) is 0. The van der Waals surface area contributed by atoms with E-state index in [1.807, 2.05) is 32.1 Å². The van der Waals surface area contributed by atoms with Gasteiger partial charge < -0.3 is 14.2 Å². The third-order valence-electron chi connectivity index (χ3n) is 4.24. The van der Waals surface area contributed by atoms with Gasteiger partial charge in [0.25, 0.3) is 6.29 Å². The van der Waals surface area contributed by atoms with E-state index in [2.05, 4.69) is 0 Å². The van der Waals surface area contributed by atoms with Gasteiger partial charge in [-0.3, -0.25) is 9.59 Å². The van der Waals surface area contributed by atoms with Crippen molar-refractivity contribution in [3.8, 4) is 0 Å². The highest BCUT2D eigenvalue weighted by molar-refractivity contribution is 5.77. The van der Waals surface area contributed by atoms with Gasteiger partial charge in [0.15, 0.2) is 0 Å². The van der Waals surface area contributed by atoms with Gasteiger partial charge in [-0.1, -0.05) is 26.0 Å². The average Bonchev–Trinajstić information content (AvgIpc) is 2.79. The molecule has 4 bridgehead atoms. The van der Waals surface area contributed by atoms with Crippen LogP contribution < -0.4 is 0 Å². The summed E-state index contributed by atoms with van der Waals surface area (Å²) in [5.41, 5.74) is 0. The Hall–Kier alpha value is -1.78. The Morgan fingerprint density at radius 2 is 2.15 bits per heavy atom. The summed E-state index contributed by atoms with van der Waals surface area (Å²) in [6.07, 6.45) is 5.92. The summed E-state index contributed by atoms with van der Waals surface area (Å²) in [5.74, 6) is -0.0642. The second-order valence-corrected chi connectivity index (χ2v) is 5.54. The van der Waals surface area contributed by atoms with Gasteiger partial charge in [0.1, 0.15) is 12.4 Å². The quantitative estimate of drug-likeness (QED) is 0.579. The molecule has 0 aromatic heterocycles. The third-order valence-corrected chi connectivity index (χ3v) is 4.24. The Kier molecular flexibility index (Phi) is 3.28. The topological polar surface area (TPSA) is 61.8 Å². The van der Waals surface area contributed by atoms with Crippen LogP contribution >= 0.6 is 0 Å². The molecule has 0 amide bonds. The molecule has 0 saturated carbocycles. The maximum Gasteiger partial charge on any atom is 0.316 e. The highest BCUT2D eigenvalue weighted by Gasteiger charge is 2.50. The average molecular weight is 278 g/mol. The maximum absolute atomic E-state index is 11.7. The van der Waals surface area contributed by atoms with Crippen molar-refractivity contribution < 1.29 is 23.8 Å². The molecule has 0 radical (unpaired) electrons. The molecule has 1 unspecified atom stereocenters. The van der Waals surface area contributed by atoms with Gasteiger partial charge in [-0.05, 0) is 12.5 Å². The van der Waals surface area contributed by atoms with Crippen LogP contribution in [0.25, 0.3) is 0 Å². The molecule has 3 aliphatic rings. The molecule has 0 N–H and O–H groups in total. The fourth-order valence-corrected chi connectivity index (χ4v) is 2.78. The van der Waals surface area contributed by atoms with E-state index in [-0.39, 0.29) is 42.2 Å². The van der Waals surface area contributed by atoms with Crippen molar-refractivity contribution in [3.05, 3.63) is 24.0 Å². The summed E-state index contributed by atoms with van der Waals surface area (Å²) < 4.78 is 16.1. The van der Waals surface area contributed by atoms with Crippen LogP contribution in [0.5, 0.6) is 0 Å². The summed E-state index contributed by atoms with van der Waals surface area (Å²) in [7, 11) is 0. The normalized spacial score (nSPS) is 34.9. The number of carbonyl (C=O) groups excluding carboxylic acids is 2. The maximum atomic E-state index is 11.7. The molecule has 108 valence electrons. The summed E-state index contributed by atoms with van der Waals surface area (Å²) in [6, 6.07) is 0. The van der Waals surface area contributed by atoms with Crippen LogP contribution in [0, 0.1) is 23.7 Å². The Bertz CT molecular complexity index is 492. The SMILES string of the molecule is CCC(C)C(=O)OCC1=C[C@H]2[C@@H]3C=C[C@H]2C(=O)O[C@@H]3O1. The lowest BCUT2D eigenvalue weighted by Gasteiger charge is -2.38. The molecule has 0 aromatic carbocycles. The van der Waals surface area contributed by atoms with Crippen molar-refractivity contribution in [1.82, 2.24) is 0 Å². The lowest BCUT2D eigenvalue weighted by Crippen LogP contribution is -2.44. The van der Waals surface area contributed by atoms with Crippen LogP contribution in [0.3, 0.4) is 0 Å². The van der Waals surface area contributed by atoms with Gasteiger partial charge in [-0.25, -0.2) is 0 Å². The highest BCUT2D eigenvalue weighted by Crippen LogP contribution is 2.44. The van der Waals surface area contributed by atoms with Crippen LogP contribution in [0.15, 0.2) is 24.0 Å². The molecule has 5 atom stereocenters. The monoisotopic (exact) mass is 278 g/mol. The molecule has 3 rings (SSSR count). The summed E-state index contributed by atoms with van der Waals surface area (Å²) in [4.78, 5) is 23.4. The van der Waals surface area contributed by atoms with Gasteiger partial charge in [-0.15, -0.1) is 0 Å². The van der Waals surface area contributed by atoms with Gasteiger partial charge in [0.2, 0.25) is 0 Å². The first-order chi connectivity index (χ1) is 9.60. The Labute approximate surface area is 117 Å². The van der Waals surface area contributed by atoms with E-state index in [0.29, 0.717) is 5.76 Å². The summed E-state index contributed by atoms with van der Waals surface area (Å²) in [6.45, 7) is 3.88. The molecule has 20 heavy (non-hydrogen) atoms. The largest absolute Gasteiger partial charge is 0.457 e. The fraction of sp³-hybridized carbons (Fsp3) is 0.600. The number of hydrogen-bond donors (Lipinski definition) is 0. The first-order valence-corrected chi connectivity index (χ1v) is 7.03. The lowest BCUT2D eigenvalue weighted by atomic mass is 9.83. The smallest absolute Gasteiger partial charge is 0.316 e. The number of carbonyl (C=O) groups is 2. The Morgan fingerprint density at radius 3 is 2.90 bits per heavy atom. The first-order valence-electron chi connectivity index (χ1n) is 7.03. The molecule has 1 saturated heterocycles. The second-order valence-electron chi connectivity index (χ2n) is 5.54. The van der Waals surface area contributed by atoms with E-state index in [0.717, 1.165) is 6.42 Å². The number of allylic oxidation sites excluding steroid dienone is 1. The van der Waals surface area contributed by atoms with Gasteiger partial charge in [0.05, 0.1) is 17.8 Å². The van der Waals surface area contributed by atoms with E-state index in [9.17, 15) is 9.59 Å². The third kappa shape index (κ3) is 2.11. The first kappa shape index (κ1) is 13.2. The van der Waals surface area contributed by atoms with Crippen LogP contribution in [0.2, 0.25) is 0 Å². The molecular formula is C15H18O5. The van der Waals surface area contributed by atoms with Crippen molar-refractivity contribution in [3.63, 3.8) is 0 Å². The van der Waals surface area contributed by atoms with Crippen LogP contribution in [0.4, 0.5) is 0 Å². The second kappa shape index (κ2) is 4.96. The molecule has 0 spiro atoms. The highest BCUT2D eigenvalue weighted by atomic mass is 16.7. The van der Waals surface area contributed by atoms with Crippen LogP contribution in [-0.4, -0.2) is 24.8 Å². The van der Waals surface area contributed by atoms with E-state index in [1.165, 1.54) is 0 Å². The van der Waals surface area contributed by atoms with Crippen molar-refractivity contribution >= 4 is 11.9 Å². The van der Waals surface area contributed by atoms with Gasteiger partial charge in [-0.2, -0.15) is 0 Å². The molecule has 0 aromatic rings. The number of esters is 2. The molecule has 2 aliphatic heterocycles. The number of rotatable bonds is 4. The molecule has 1 aliphatic carbocycles. The van der Waals surface area contributed by atoms with E-state index in [1.54, 1.807) is 0 Å². The van der Waals surface area contributed by atoms with Gasteiger partial charge in [0, 0.05) is 5.92 Å². The molecule has 5 heteroatoms. The van der Waals surface area contributed by atoms with Crippen LogP contribution in [0.1, 0.15) is 20.3 Å².